The van der Waals surface area contributed by atoms with Crippen LogP contribution in [0.2, 0.25) is 0 Å². The third-order valence-corrected chi connectivity index (χ3v) is 2.17. The molecule has 0 aliphatic heterocycles. The molecule has 0 saturated heterocycles. The molecule has 0 aromatic carbocycles. The van der Waals surface area contributed by atoms with Gasteiger partial charge < -0.3 is 11.1 Å². The average Bonchev–Trinajstić information content (AvgIpc) is 2.41. The van der Waals surface area contributed by atoms with Gasteiger partial charge in [-0.25, -0.2) is 0 Å². The molecule has 1 aliphatic rings. The van der Waals surface area contributed by atoms with Gasteiger partial charge in [-0.3, -0.25) is 0 Å². The summed E-state index contributed by atoms with van der Waals surface area (Å²) in [7, 11) is 0. The molecule has 0 atom stereocenters. The number of nitrogens with one attached hydrogen (secondary N) is 1. The minimum Gasteiger partial charge on any atom is -0.330 e. The smallest absolute Gasteiger partial charge is 0.00670 e. The SMILES string of the molecule is NCCCNC1CCCC1. The third kappa shape index (κ3) is 2.67. The highest BCUT2D eigenvalue weighted by Crippen LogP contribution is 2.17. The number of nitrogens with two attached hydrogens (primary N) is 1. The van der Waals surface area contributed by atoms with Gasteiger partial charge in [-0.1, -0.05) is 12.8 Å². The van der Waals surface area contributed by atoms with Crippen LogP contribution in [-0.2, 0) is 0 Å². The van der Waals surface area contributed by atoms with Gasteiger partial charge in [0.15, 0.2) is 0 Å². The Kier molecular flexibility index (Phi) is 3.76. The fraction of sp³-hybridized carbons (Fsp3) is 1.00. The number of hydrogen-bond acceptors (Lipinski definition) is 2. The van der Waals surface area contributed by atoms with Crippen LogP contribution >= 0.6 is 0 Å². The molecule has 60 valence electrons. The molecule has 1 saturated carbocycles. The van der Waals surface area contributed by atoms with Crippen molar-refractivity contribution in [2.75, 3.05) is 13.1 Å². The molecule has 0 aromatic heterocycles. The van der Waals surface area contributed by atoms with Crippen LogP contribution in [0.4, 0.5) is 0 Å². The molecule has 3 N–H and O–H groups in total. The first kappa shape index (κ1) is 8.02. The van der Waals surface area contributed by atoms with Crippen LogP contribution < -0.4 is 11.1 Å². The van der Waals surface area contributed by atoms with Crippen molar-refractivity contribution in [2.45, 2.75) is 38.1 Å². The summed E-state index contributed by atoms with van der Waals surface area (Å²) in [5.41, 5.74) is 5.37. The van der Waals surface area contributed by atoms with Crippen molar-refractivity contribution in [2.24, 2.45) is 5.73 Å². The average molecular weight is 142 g/mol. The normalized spacial score (nSPS) is 20.1. The first-order valence-electron chi connectivity index (χ1n) is 4.37. The Morgan fingerprint density at radius 2 is 2.00 bits per heavy atom. The van der Waals surface area contributed by atoms with Crippen molar-refractivity contribution in [3.05, 3.63) is 0 Å². The van der Waals surface area contributed by atoms with E-state index in [0.717, 1.165) is 25.6 Å². The third-order valence-electron chi connectivity index (χ3n) is 2.17. The highest BCUT2D eigenvalue weighted by atomic mass is 14.9. The van der Waals surface area contributed by atoms with E-state index >= 15 is 0 Å². The van der Waals surface area contributed by atoms with E-state index in [1.807, 2.05) is 0 Å². The fourth-order valence-electron chi connectivity index (χ4n) is 1.54. The Morgan fingerprint density at radius 1 is 1.30 bits per heavy atom. The van der Waals surface area contributed by atoms with Gasteiger partial charge in [0.05, 0.1) is 0 Å². The van der Waals surface area contributed by atoms with Crippen molar-refractivity contribution in [3.63, 3.8) is 0 Å². The van der Waals surface area contributed by atoms with Crippen molar-refractivity contribution < 1.29 is 0 Å². The molecule has 0 heterocycles. The molecule has 1 aliphatic carbocycles. The maximum Gasteiger partial charge on any atom is 0.00670 e. The maximum atomic E-state index is 5.37. The van der Waals surface area contributed by atoms with Crippen LogP contribution in [-0.4, -0.2) is 19.1 Å². The van der Waals surface area contributed by atoms with Crippen molar-refractivity contribution in [1.82, 2.24) is 5.32 Å². The molecule has 1 rings (SSSR count). The van der Waals surface area contributed by atoms with Crippen LogP contribution in [0.5, 0.6) is 0 Å². The van der Waals surface area contributed by atoms with E-state index in [1.54, 1.807) is 0 Å². The van der Waals surface area contributed by atoms with E-state index in [2.05, 4.69) is 5.32 Å². The Bertz CT molecular complexity index is 77.3. The standard InChI is InChI=1S/C8H18N2/c9-6-3-7-10-8-4-1-2-5-8/h8,10H,1-7,9H2. The zero-order chi connectivity index (χ0) is 7.23. The van der Waals surface area contributed by atoms with E-state index < -0.39 is 0 Å². The molecule has 0 aromatic rings. The maximum absolute atomic E-state index is 5.37. The topological polar surface area (TPSA) is 38.0 Å². The first-order chi connectivity index (χ1) is 4.93. The molecule has 0 unspecified atom stereocenters. The van der Waals surface area contributed by atoms with Gasteiger partial charge in [-0.15, -0.1) is 0 Å². The van der Waals surface area contributed by atoms with Crippen molar-refractivity contribution >= 4 is 0 Å². The molecule has 2 nitrogen and oxygen atoms in total. The second-order valence-corrected chi connectivity index (χ2v) is 3.08. The zero-order valence-electron chi connectivity index (χ0n) is 6.60. The molecular formula is C8H18N2. The van der Waals surface area contributed by atoms with Crippen molar-refractivity contribution in [1.29, 1.82) is 0 Å². The summed E-state index contributed by atoms with van der Waals surface area (Å²) in [5.74, 6) is 0. The number of rotatable bonds is 4. The van der Waals surface area contributed by atoms with E-state index in [-0.39, 0.29) is 0 Å². The molecule has 0 bridgehead atoms. The minimum absolute atomic E-state index is 0.812. The molecule has 0 radical (unpaired) electrons. The van der Waals surface area contributed by atoms with Gasteiger partial charge in [0.25, 0.3) is 0 Å². The molecular weight excluding hydrogens is 124 g/mol. The zero-order valence-corrected chi connectivity index (χ0v) is 6.60. The summed E-state index contributed by atoms with van der Waals surface area (Å²) in [6.45, 7) is 1.93. The minimum atomic E-state index is 0.812. The van der Waals surface area contributed by atoms with E-state index in [0.29, 0.717) is 0 Å². The Hall–Kier alpha value is -0.0800. The molecule has 1 fully saturated rings. The highest BCUT2D eigenvalue weighted by Gasteiger charge is 2.12. The molecule has 2 heteroatoms. The van der Waals surface area contributed by atoms with Gasteiger partial charge >= 0.3 is 0 Å². The van der Waals surface area contributed by atoms with Crippen LogP contribution in [0.3, 0.4) is 0 Å². The summed E-state index contributed by atoms with van der Waals surface area (Å²) in [6.07, 6.45) is 6.71. The van der Waals surface area contributed by atoms with Gasteiger partial charge in [0.1, 0.15) is 0 Å². The van der Waals surface area contributed by atoms with Gasteiger partial charge in [0, 0.05) is 6.04 Å². The van der Waals surface area contributed by atoms with Gasteiger partial charge in [-0.2, -0.15) is 0 Å². The molecule has 0 spiro atoms. The lowest BCUT2D eigenvalue weighted by Crippen LogP contribution is -2.28. The Morgan fingerprint density at radius 3 is 2.60 bits per heavy atom. The Balaban J connectivity index is 1.91. The van der Waals surface area contributed by atoms with E-state index in [1.165, 1.54) is 25.7 Å². The van der Waals surface area contributed by atoms with Crippen LogP contribution in [0, 0.1) is 0 Å². The number of hydrogen-bond donors (Lipinski definition) is 2. The van der Waals surface area contributed by atoms with Crippen LogP contribution in [0.25, 0.3) is 0 Å². The van der Waals surface area contributed by atoms with Crippen molar-refractivity contribution in [3.8, 4) is 0 Å². The first-order valence-corrected chi connectivity index (χ1v) is 4.37. The fourth-order valence-corrected chi connectivity index (χ4v) is 1.54. The predicted molar refractivity (Wildman–Crippen MR) is 43.9 cm³/mol. The summed E-state index contributed by atoms with van der Waals surface area (Å²) in [6, 6.07) is 0.812. The lowest BCUT2D eigenvalue weighted by Gasteiger charge is -2.09. The summed E-state index contributed by atoms with van der Waals surface area (Å²) in [5, 5.41) is 3.50. The van der Waals surface area contributed by atoms with Gasteiger partial charge in [0.2, 0.25) is 0 Å². The monoisotopic (exact) mass is 142 g/mol. The quantitative estimate of drug-likeness (QED) is 0.571. The Labute approximate surface area is 63.2 Å². The molecule has 10 heavy (non-hydrogen) atoms. The lowest BCUT2D eigenvalue weighted by molar-refractivity contribution is 0.518. The van der Waals surface area contributed by atoms with Crippen LogP contribution in [0.15, 0.2) is 0 Å². The lowest BCUT2D eigenvalue weighted by atomic mass is 10.2. The second kappa shape index (κ2) is 4.69. The largest absolute Gasteiger partial charge is 0.330 e. The summed E-state index contributed by atoms with van der Waals surface area (Å²) in [4.78, 5) is 0. The summed E-state index contributed by atoms with van der Waals surface area (Å²) < 4.78 is 0. The molecule has 0 amide bonds. The predicted octanol–water partition coefficient (Wildman–Crippen LogP) is 0.867. The van der Waals surface area contributed by atoms with Crippen LogP contribution in [0.1, 0.15) is 32.1 Å². The highest BCUT2D eigenvalue weighted by molar-refractivity contribution is 4.72. The summed E-state index contributed by atoms with van der Waals surface area (Å²) >= 11 is 0. The van der Waals surface area contributed by atoms with E-state index in [9.17, 15) is 0 Å². The van der Waals surface area contributed by atoms with Gasteiger partial charge in [-0.05, 0) is 32.4 Å². The van der Waals surface area contributed by atoms with E-state index in [4.69, 9.17) is 5.73 Å². The second-order valence-electron chi connectivity index (χ2n) is 3.08.